The zero-order chi connectivity index (χ0) is 14.8. The summed E-state index contributed by atoms with van der Waals surface area (Å²) in [6.07, 6.45) is 2.17. The Morgan fingerprint density at radius 2 is 2.05 bits per heavy atom. The summed E-state index contributed by atoms with van der Waals surface area (Å²) < 4.78 is 11.0. The van der Waals surface area contributed by atoms with E-state index >= 15 is 0 Å². The van der Waals surface area contributed by atoms with E-state index in [1.165, 1.54) is 7.11 Å². The van der Waals surface area contributed by atoms with E-state index < -0.39 is 0 Å². The number of nitriles is 1. The van der Waals surface area contributed by atoms with E-state index in [4.69, 9.17) is 26.3 Å². The fourth-order valence-corrected chi connectivity index (χ4v) is 2.10. The van der Waals surface area contributed by atoms with Gasteiger partial charge in [0, 0.05) is 18.1 Å². The molecule has 1 aliphatic carbocycles. The molecule has 6 heteroatoms. The first-order valence-corrected chi connectivity index (χ1v) is 6.88. The first kappa shape index (κ1) is 13.7. The van der Waals surface area contributed by atoms with Gasteiger partial charge >= 0.3 is 0 Å². The monoisotopic (exact) mass is 301 g/mol. The van der Waals surface area contributed by atoms with Crippen molar-refractivity contribution in [3.8, 4) is 23.4 Å². The number of nitrogens with zero attached hydrogens (tertiary/aromatic N) is 3. The Kier molecular flexibility index (Phi) is 3.63. The highest BCUT2D eigenvalue weighted by Gasteiger charge is 2.27. The van der Waals surface area contributed by atoms with Gasteiger partial charge in [-0.3, -0.25) is 0 Å². The molecule has 0 aliphatic heterocycles. The van der Waals surface area contributed by atoms with E-state index in [1.54, 1.807) is 24.3 Å². The molecule has 1 heterocycles. The van der Waals surface area contributed by atoms with Gasteiger partial charge in [-0.05, 0) is 25.0 Å². The van der Waals surface area contributed by atoms with E-state index in [-0.39, 0.29) is 0 Å². The second kappa shape index (κ2) is 5.58. The first-order valence-electron chi connectivity index (χ1n) is 6.50. The van der Waals surface area contributed by atoms with Gasteiger partial charge in [-0.2, -0.15) is 10.2 Å². The van der Waals surface area contributed by atoms with Gasteiger partial charge in [0.05, 0.1) is 18.7 Å². The summed E-state index contributed by atoms with van der Waals surface area (Å²) in [5.74, 6) is 2.42. The average Bonchev–Trinajstić information content (AvgIpc) is 3.31. The Hall–Kier alpha value is -2.32. The van der Waals surface area contributed by atoms with Crippen molar-refractivity contribution >= 4 is 11.6 Å². The topological polar surface area (TPSA) is 68.0 Å². The van der Waals surface area contributed by atoms with Crippen LogP contribution in [0.1, 0.15) is 30.1 Å². The van der Waals surface area contributed by atoms with Crippen molar-refractivity contribution in [2.75, 3.05) is 7.11 Å². The van der Waals surface area contributed by atoms with Crippen molar-refractivity contribution in [1.29, 1.82) is 5.26 Å². The van der Waals surface area contributed by atoms with Crippen LogP contribution in [0.2, 0.25) is 5.15 Å². The van der Waals surface area contributed by atoms with Crippen molar-refractivity contribution in [3.63, 3.8) is 0 Å². The summed E-state index contributed by atoms with van der Waals surface area (Å²) >= 11 is 6.00. The Labute approximate surface area is 127 Å². The zero-order valence-electron chi connectivity index (χ0n) is 11.3. The number of ether oxygens (including phenoxy) is 2. The highest BCUT2D eigenvalue weighted by molar-refractivity contribution is 6.29. The quantitative estimate of drug-likeness (QED) is 0.806. The van der Waals surface area contributed by atoms with Crippen LogP contribution in [0.3, 0.4) is 0 Å². The number of halogens is 1. The Balaban J connectivity index is 1.91. The molecule has 0 spiro atoms. The lowest BCUT2D eigenvalue weighted by atomic mass is 10.2. The lowest BCUT2D eigenvalue weighted by molar-refractivity contribution is 0.373. The summed E-state index contributed by atoms with van der Waals surface area (Å²) in [5.41, 5.74) is 0.499. The molecule has 0 amide bonds. The second-order valence-electron chi connectivity index (χ2n) is 4.74. The molecule has 1 aromatic carbocycles. The Morgan fingerprint density at radius 3 is 2.71 bits per heavy atom. The molecule has 1 fully saturated rings. The smallest absolute Gasteiger partial charge is 0.224 e. The summed E-state index contributed by atoms with van der Waals surface area (Å²) in [5, 5.41) is 9.25. The molecule has 0 atom stereocenters. The van der Waals surface area contributed by atoms with Gasteiger partial charge in [0.1, 0.15) is 11.0 Å². The minimum atomic E-state index is 0.356. The molecule has 1 saturated carbocycles. The lowest BCUT2D eigenvalue weighted by Crippen LogP contribution is -1.97. The Bertz CT molecular complexity index is 723. The zero-order valence-corrected chi connectivity index (χ0v) is 12.1. The maximum atomic E-state index is 8.89. The number of aromatic nitrogens is 2. The summed E-state index contributed by atoms with van der Waals surface area (Å²) in [6.45, 7) is 0. The van der Waals surface area contributed by atoms with E-state index in [0.29, 0.717) is 39.8 Å². The largest absolute Gasteiger partial charge is 0.493 e. The Morgan fingerprint density at radius 1 is 1.24 bits per heavy atom. The molecule has 1 aliphatic rings. The molecular formula is C15H12ClN3O2. The molecule has 0 radical (unpaired) electrons. The van der Waals surface area contributed by atoms with Crippen LogP contribution in [0, 0.1) is 11.3 Å². The second-order valence-corrected chi connectivity index (χ2v) is 5.13. The fraction of sp³-hybridized carbons (Fsp3) is 0.267. The molecule has 5 nitrogen and oxygen atoms in total. The van der Waals surface area contributed by atoms with Gasteiger partial charge < -0.3 is 9.47 Å². The third kappa shape index (κ3) is 3.06. The van der Waals surface area contributed by atoms with Crippen LogP contribution < -0.4 is 9.47 Å². The third-order valence-electron chi connectivity index (χ3n) is 3.14. The molecule has 106 valence electrons. The van der Waals surface area contributed by atoms with E-state index in [2.05, 4.69) is 16.0 Å². The van der Waals surface area contributed by atoms with Gasteiger partial charge in [0.25, 0.3) is 0 Å². The van der Waals surface area contributed by atoms with E-state index in [0.717, 1.165) is 12.8 Å². The van der Waals surface area contributed by atoms with Crippen molar-refractivity contribution in [2.24, 2.45) is 0 Å². The predicted molar refractivity (Wildman–Crippen MR) is 76.8 cm³/mol. The van der Waals surface area contributed by atoms with Crippen molar-refractivity contribution in [3.05, 3.63) is 40.8 Å². The standard InChI is InChI=1S/C15H12ClN3O2/c1-20-12-6-9(8-17)2-5-11(12)21-14-7-13(16)18-15(19-14)10-3-4-10/h2,5-7,10H,3-4H2,1H3. The summed E-state index contributed by atoms with van der Waals surface area (Å²) in [6, 6.07) is 8.55. The SMILES string of the molecule is COc1cc(C#N)ccc1Oc1cc(Cl)nc(C2CC2)n1. The van der Waals surface area contributed by atoms with Crippen LogP contribution in [-0.2, 0) is 0 Å². The van der Waals surface area contributed by atoms with Gasteiger partial charge in [0.15, 0.2) is 11.5 Å². The van der Waals surface area contributed by atoms with Crippen LogP contribution in [-0.4, -0.2) is 17.1 Å². The molecule has 3 rings (SSSR count). The first-order chi connectivity index (χ1) is 10.2. The molecule has 0 unspecified atom stereocenters. The normalized spacial score (nSPS) is 13.6. The van der Waals surface area contributed by atoms with E-state index in [1.807, 2.05) is 0 Å². The lowest BCUT2D eigenvalue weighted by Gasteiger charge is -2.10. The van der Waals surface area contributed by atoms with Crippen molar-refractivity contribution in [1.82, 2.24) is 9.97 Å². The van der Waals surface area contributed by atoms with Crippen LogP contribution in [0.25, 0.3) is 0 Å². The molecular weight excluding hydrogens is 290 g/mol. The highest BCUT2D eigenvalue weighted by atomic mass is 35.5. The van der Waals surface area contributed by atoms with Gasteiger partial charge in [-0.1, -0.05) is 11.6 Å². The van der Waals surface area contributed by atoms with Gasteiger partial charge in [-0.25, -0.2) is 4.98 Å². The summed E-state index contributed by atoms with van der Waals surface area (Å²) in [7, 11) is 1.52. The van der Waals surface area contributed by atoms with E-state index in [9.17, 15) is 0 Å². The van der Waals surface area contributed by atoms with Crippen LogP contribution in [0.4, 0.5) is 0 Å². The molecule has 0 N–H and O–H groups in total. The maximum Gasteiger partial charge on any atom is 0.224 e. The van der Waals surface area contributed by atoms with Crippen molar-refractivity contribution in [2.45, 2.75) is 18.8 Å². The van der Waals surface area contributed by atoms with Crippen LogP contribution >= 0.6 is 11.6 Å². The minimum absolute atomic E-state index is 0.356. The van der Waals surface area contributed by atoms with Gasteiger partial charge in [0.2, 0.25) is 5.88 Å². The van der Waals surface area contributed by atoms with Crippen LogP contribution in [0.5, 0.6) is 17.4 Å². The number of hydrogen-bond acceptors (Lipinski definition) is 5. The van der Waals surface area contributed by atoms with Crippen molar-refractivity contribution < 1.29 is 9.47 Å². The number of methoxy groups -OCH3 is 1. The number of hydrogen-bond donors (Lipinski definition) is 0. The van der Waals surface area contributed by atoms with Gasteiger partial charge in [-0.15, -0.1) is 0 Å². The fourth-order valence-electron chi connectivity index (χ4n) is 1.92. The number of benzene rings is 1. The summed E-state index contributed by atoms with van der Waals surface area (Å²) in [4.78, 5) is 8.58. The number of rotatable bonds is 4. The molecule has 21 heavy (non-hydrogen) atoms. The predicted octanol–water partition coefficient (Wildman–Crippen LogP) is 3.68. The average molecular weight is 302 g/mol. The molecule has 1 aromatic heterocycles. The highest BCUT2D eigenvalue weighted by Crippen LogP contribution is 2.40. The molecule has 0 saturated heterocycles. The molecule has 2 aromatic rings. The third-order valence-corrected chi connectivity index (χ3v) is 3.33. The van der Waals surface area contributed by atoms with Crippen LogP contribution in [0.15, 0.2) is 24.3 Å². The minimum Gasteiger partial charge on any atom is -0.493 e. The maximum absolute atomic E-state index is 8.89. The molecule has 0 bridgehead atoms.